The second-order valence-electron chi connectivity index (χ2n) is 6.62. The van der Waals surface area contributed by atoms with E-state index in [1.54, 1.807) is 0 Å². The van der Waals surface area contributed by atoms with Crippen molar-refractivity contribution in [3.05, 3.63) is 46.4 Å². The van der Waals surface area contributed by atoms with E-state index in [1.807, 2.05) is 45.0 Å². The molecule has 2 aromatic rings. The summed E-state index contributed by atoms with van der Waals surface area (Å²) in [6.07, 6.45) is 1.90. The van der Waals surface area contributed by atoms with Crippen LogP contribution in [0.3, 0.4) is 0 Å². The molecule has 3 unspecified atom stereocenters. The van der Waals surface area contributed by atoms with E-state index in [4.69, 9.17) is 4.74 Å². The summed E-state index contributed by atoms with van der Waals surface area (Å²) in [5, 5.41) is 21.5. The molecule has 5 nitrogen and oxygen atoms in total. The van der Waals surface area contributed by atoms with Gasteiger partial charge in [0.1, 0.15) is 11.3 Å². The predicted molar refractivity (Wildman–Crippen MR) is 81.0 cm³/mol. The van der Waals surface area contributed by atoms with Crippen molar-refractivity contribution in [1.82, 2.24) is 10.2 Å². The Balaban J connectivity index is 1.91. The SMILES string of the molecule is Cc1ccc(-c2nnc3c([n+]2[O-])C2CCC3(C)OC2C)cc1. The third kappa shape index (κ3) is 1.78. The molecule has 1 aromatic carbocycles. The number of hydrogen-bond donors (Lipinski definition) is 0. The van der Waals surface area contributed by atoms with Crippen molar-refractivity contribution >= 4 is 0 Å². The number of benzene rings is 1. The van der Waals surface area contributed by atoms with E-state index in [1.165, 1.54) is 0 Å². The lowest BCUT2D eigenvalue weighted by Gasteiger charge is -2.46. The summed E-state index contributed by atoms with van der Waals surface area (Å²) in [4.78, 5) is 0. The molecular formula is C17H19N3O2. The number of hydrogen-bond acceptors (Lipinski definition) is 4. The molecule has 0 spiro atoms. The van der Waals surface area contributed by atoms with Gasteiger partial charge in [-0.25, -0.2) is 4.73 Å². The van der Waals surface area contributed by atoms with E-state index in [0.29, 0.717) is 11.5 Å². The van der Waals surface area contributed by atoms with Gasteiger partial charge in [-0.05, 0) is 50.8 Å². The van der Waals surface area contributed by atoms with Crippen molar-refractivity contribution in [1.29, 1.82) is 0 Å². The smallest absolute Gasteiger partial charge is 0.361 e. The lowest BCUT2D eigenvalue weighted by atomic mass is 9.74. The van der Waals surface area contributed by atoms with Crippen LogP contribution in [0.5, 0.6) is 0 Å². The second-order valence-corrected chi connectivity index (χ2v) is 6.62. The van der Waals surface area contributed by atoms with E-state index in [0.717, 1.165) is 34.4 Å². The molecule has 0 N–H and O–H groups in total. The van der Waals surface area contributed by atoms with Gasteiger partial charge in [-0.1, -0.05) is 17.7 Å². The average molecular weight is 297 g/mol. The quantitative estimate of drug-likeness (QED) is 0.599. The topological polar surface area (TPSA) is 62.0 Å². The minimum atomic E-state index is -0.478. The molecular weight excluding hydrogens is 278 g/mol. The van der Waals surface area contributed by atoms with Gasteiger partial charge in [0.25, 0.3) is 0 Å². The molecule has 22 heavy (non-hydrogen) atoms. The van der Waals surface area contributed by atoms with Gasteiger partial charge in [0.15, 0.2) is 5.69 Å². The van der Waals surface area contributed by atoms with Crippen molar-refractivity contribution in [3.8, 4) is 11.4 Å². The van der Waals surface area contributed by atoms with Crippen LogP contribution in [0, 0.1) is 12.1 Å². The number of aryl methyl sites for hydroxylation is 1. The van der Waals surface area contributed by atoms with E-state index < -0.39 is 5.60 Å². The molecule has 1 fully saturated rings. The normalized spacial score (nSPS) is 29.4. The zero-order valence-electron chi connectivity index (χ0n) is 13.0. The summed E-state index contributed by atoms with van der Waals surface area (Å²) in [6, 6.07) is 7.80. The minimum absolute atomic E-state index is 0.0431. The average Bonchev–Trinajstić information content (AvgIpc) is 2.49. The van der Waals surface area contributed by atoms with E-state index >= 15 is 0 Å². The molecule has 5 heteroatoms. The Morgan fingerprint density at radius 1 is 1.27 bits per heavy atom. The fourth-order valence-corrected chi connectivity index (χ4v) is 3.73. The molecule has 2 aliphatic heterocycles. The van der Waals surface area contributed by atoms with Crippen LogP contribution < -0.4 is 4.73 Å². The summed E-state index contributed by atoms with van der Waals surface area (Å²) in [7, 11) is 0. The Labute approximate surface area is 129 Å². The monoisotopic (exact) mass is 297 g/mol. The first kappa shape index (κ1) is 13.6. The highest BCUT2D eigenvalue weighted by Crippen LogP contribution is 2.49. The Hall–Kier alpha value is -2.01. The van der Waals surface area contributed by atoms with Gasteiger partial charge in [0.05, 0.1) is 16.8 Å². The predicted octanol–water partition coefficient (Wildman–Crippen LogP) is 2.60. The minimum Gasteiger partial charge on any atom is -0.710 e. The van der Waals surface area contributed by atoms with Crippen LogP contribution in [0.15, 0.2) is 24.3 Å². The summed E-state index contributed by atoms with van der Waals surface area (Å²) < 4.78 is 7.04. The Bertz CT molecular complexity index is 744. The van der Waals surface area contributed by atoms with Gasteiger partial charge in [-0.3, -0.25) is 0 Å². The van der Waals surface area contributed by atoms with Crippen LogP contribution in [0.1, 0.15) is 49.6 Å². The van der Waals surface area contributed by atoms with Crippen molar-refractivity contribution in [2.45, 2.75) is 51.2 Å². The van der Waals surface area contributed by atoms with Gasteiger partial charge in [0.2, 0.25) is 0 Å². The van der Waals surface area contributed by atoms with Crippen LogP contribution >= 0.6 is 0 Å². The first-order valence-electron chi connectivity index (χ1n) is 7.75. The van der Waals surface area contributed by atoms with Crippen molar-refractivity contribution in [2.24, 2.45) is 0 Å². The lowest BCUT2D eigenvalue weighted by Crippen LogP contribution is -2.53. The van der Waals surface area contributed by atoms with Gasteiger partial charge >= 0.3 is 5.82 Å². The molecule has 0 saturated carbocycles. The molecule has 114 valence electrons. The molecule has 0 amide bonds. The summed E-state index contributed by atoms with van der Waals surface area (Å²) in [6.45, 7) is 6.07. The number of rotatable bonds is 1. The molecule has 1 saturated heterocycles. The number of ether oxygens (including phenoxy) is 1. The molecule has 1 aliphatic carbocycles. The molecule has 1 aromatic heterocycles. The summed E-state index contributed by atoms with van der Waals surface area (Å²) in [5.41, 5.74) is 2.94. The van der Waals surface area contributed by atoms with E-state index in [-0.39, 0.29) is 12.0 Å². The van der Waals surface area contributed by atoms with Gasteiger partial charge < -0.3 is 9.94 Å². The zero-order valence-corrected chi connectivity index (χ0v) is 13.0. The molecule has 3 heterocycles. The standard InChI is InChI=1S/C17H19N3O2/c1-10-4-6-12(7-5-10)16-19-18-15-14(20(16)21)13-8-9-17(15,3)22-11(13)2/h4-7,11,13H,8-9H2,1-3H3. The van der Waals surface area contributed by atoms with Crippen LogP contribution in [0.4, 0.5) is 0 Å². The van der Waals surface area contributed by atoms with Crippen LogP contribution in [-0.2, 0) is 10.3 Å². The maximum atomic E-state index is 12.9. The largest absolute Gasteiger partial charge is 0.710 e. The summed E-state index contributed by atoms with van der Waals surface area (Å²) in [5.74, 6) is 0.483. The van der Waals surface area contributed by atoms with E-state index in [9.17, 15) is 5.21 Å². The van der Waals surface area contributed by atoms with Gasteiger partial charge in [0, 0.05) is 5.92 Å². The van der Waals surface area contributed by atoms with Crippen molar-refractivity contribution < 1.29 is 9.47 Å². The number of aromatic nitrogens is 3. The van der Waals surface area contributed by atoms with E-state index in [2.05, 4.69) is 10.2 Å². The molecule has 0 radical (unpaired) electrons. The maximum Gasteiger partial charge on any atom is 0.361 e. The van der Waals surface area contributed by atoms with Crippen LogP contribution in [0.2, 0.25) is 0 Å². The van der Waals surface area contributed by atoms with Crippen LogP contribution in [0.25, 0.3) is 11.4 Å². The summed E-state index contributed by atoms with van der Waals surface area (Å²) >= 11 is 0. The Morgan fingerprint density at radius 2 is 2.00 bits per heavy atom. The first-order chi connectivity index (χ1) is 10.5. The first-order valence-corrected chi connectivity index (χ1v) is 7.75. The third-order valence-corrected chi connectivity index (χ3v) is 5.01. The Morgan fingerprint density at radius 3 is 2.68 bits per heavy atom. The highest BCUT2D eigenvalue weighted by molar-refractivity contribution is 5.52. The zero-order chi connectivity index (χ0) is 15.5. The Kier molecular flexibility index (Phi) is 2.78. The van der Waals surface area contributed by atoms with Crippen LogP contribution in [-0.4, -0.2) is 16.3 Å². The maximum absolute atomic E-state index is 12.9. The molecule has 5 rings (SSSR count). The molecule has 3 atom stereocenters. The highest BCUT2D eigenvalue weighted by atomic mass is 16.5. The fraction of sp³-hybridized carbons (Fsp3) is 0.471. The molecule has 2 bridgehead atoms. The molecule has 3 aliphatic rings. The van der Waals surface area contributed by atoms with Gasteiger partial charge in [-0.15, -0.1) is 0 Å². The number of nitrogens with zero attached hydrogens (tertiary/aromatic N) is 3. The third-order valence-electron chi connectivity index (χ3n) is 5.01. The second kappa shape index (κ2) is 4.49. The van der Waals surface area contributed by atoms with Gasteiger partial charge in [-0.2, -0.15) is 0 Å². The highest BCUT2D eigenvalue weighted by Gasteiger charge is 2.51. The lowest BCUT2D eigenvalue weighted by molar-refractivity contribution is -0.612. The van der Waals surface area contributed by atoms with Crippen molar-refractivity contribution in [3.63, 3.8) is 0 Å². The van der Waals surface area contributed by atoms with Crippen molar-refractivity contribution in [2.75, 3.05) is 0 Å². The number of fused-ring (bicyclic) bond motifs is 2. The fourth-order valence-electron chi connectivity index (χ4n) is 3.73.